The van der Waals surface area contributed by atoms with Crippen molar-refractivity contribution in [1.29, 1.82) is 0 Å². The minimum atomic E-state index is -0.200. The summed E-state index contributed by atoms with van der Waals surface area (Å²) in [5.41, 5.74) is 2.20. The maximum absolute atomic E-state index is 6.06. The highest BCUT2D eigenvalue weighted by Crippen LogP contribution is 2.27. The molecule has 0 radical (unpaired) electrons. The summed E-state index contributed by atoms with van der Waals surface area (Å²) in [5, 5.41) is 8.42. The van der Waals surface area contributed by atoms with Gasteiger partial charge in [-0.25, -0.2) is 0 Å². The van der Waals surface area contributed by atoms with E-state index < -0.39 is 0 Å². The fourth-order valence-electron chi connectivity index (χ4n) is 3.30. The van der Waals surface area contributed by atoms with Gasteiger partial charge in [0, 0.05) is 32.9 Å². The highest BCUT2D eigenvalue weighted by molar-refractivity contribution is 5.47. The van der Waals surface area contributed by atoms with E-state index in [1.54, 1.807) is 0 Å². The molecule has 25 heavy (non-hydrogen) atoms. The van der Waals surface area contributed by atoms with Crippen LogP contribution in [0, 0.1) is 0 Å². The lowest BCUT2D eigenvalue weighted by Gasteiger charge is -2.35. The lowest BCUT2D eigenvalue weighted by molar-refractivity contribution is -0.0914. The summed E-state index contributed by atoms with van der Waals surface area (Å²) >= 11 is 0. The monoisotopic (exact) mass is 338 g/mol. The summed E-state index contributed by atoms with van der Waals surface area (Å²) in [6.45, 7) is 4.61. The van der Waals surface area contributed by atoms with Gasteiger partial charge >= 0.3 is 0 Å². The van der Waals surface area contributed by atoms with Gasteiger partial charge < -0.3 is 13.7 Å². The highest BCUT2D eigenvalue weighted by Gasteiger charge is 2.30. The number of hydrogen-bond donors (Lipinski definition) is 0. The molecule has 0 bridgehead atoms. The lowest BCUT2D eigenvalue weighted by atomic mass is 10.1. The van der Waals surface area contributed by atoms with E-state index in [1.165, 1.54) is 5.56 Å². The smallest absolute Gasteiger partial charge is 0.264 e. The van der Waals surface area contributed by atoms with Gasteiger partial charge in [-0.2, -0.15) is 0 Å². The van der Waals surface area contributed by atoms with Crippen LogP contribution in [-0.2, 0) is 18.3 Å². The first-order valence-electron chi connectivity index (χ1n) is 8.56. The SMILES string of the molecule is C[C@@H]1CN(Cc2ccccc2)C[C@H](c2nnc(-c3cccn3C)o2)O1. The summed E-state index contributed by atoms with van der Waals surface area (Å²) < 4.78 is 13.9. The maximum atomic E-state index is 6.06. The fraction of sp³-hybridized carbons (Fsp3) is 0.368. The first kappa shape index (κ1) is 16.1. The highest BCUT2D eigenvalue weighted by atomic mass is 16.5. The van der Waals surface area contributed by atoms with Gasteiger partial charge in [0.2, 0.25) is 5.89 Å². The number of nitrogens with zero attached hydrogens (tertiary/aromatic N) is 4. The summed E-state index contributed by atoms with van der Waals surface area (Å²) in [5.74, 6) is 1.07. The zero-order chi connectivity index (χ0) is 17.2. The second kappa shape index (κ2) is 6.82. The molecular formula is C19H22N4O2. The van der Waals surface area contributed by atoms with E-state index in [9.17, 15) is 0 Å². The molecule has 6 nitrogen and oxygen atoms in total. The van der Waals surface area contributed by atoms with Crippen molar-refractivity contribution in [2.24, 2.45) is 7.05 Å². The molecule has 3 aromatic rings. The van der Waals surface area contributed by atoms with Gasteiger partial charge in [0.1, 0.15) is 11.8 Å². The first-order chi connectivity index (χ1) is 12.2. The van der Waals surface area contributed by atoms with Crippen molar-refractivity contribution in [1.82, 2.24) is 19.7 Å². The molecule has 1 fully saturated rings. The molecule has 1 saturated heterocycles. The van der Waals surface area contributed by atoms with Gasteiger partial charge in [-0.1, -0.05) is 30.3 Å². The van der Waals surface area contributed by atoms with E-state index in [0.717, 1.165) is 25.3 Å². The Morgan fingerprint density at radius 1 is 1.08 bits per heavy atom. The van der Waals surface area contributed by atoms with E-state index >= 15 is 0 Å². The van der Waals surface area contributed by atoms with Crippen molar-refractivity contribution in [2.45, 2.75) is 25.7 Å². The molecule has 0 saturated carbocycles. The Labute approximate surface area is 147 Å². The number of aromatic nitrogens is 3. The van der Waals surface area contributed by atoms with Crippen molar-refractivity contribution < 1.29 is 9.15 Å². The molecule has 0 unspecified atom stereocenters. The summed E-state index contributed by atoms with van der Waals surface area (Å²) in [6, 6.07) is 14.4. The molecule has 4 rings (SSSR count). The van der Waals surface area contributed by atoms with Gasteiger partial charge in [0.25, 0.3) is 5.89 Å². The minimum Gasteiger partial charge on any atom is -0.416 e. The van der Waals surface area contributed by atoms with Crippen LogP contribution in [0.1, 0.15) is 24.5 Å². The van der Waals surface area contributed by atoms with E-state index in [4.69, 9.17) is 9.15 Å². The van der Waals surface area contributed by atoms with Gasteiger partial charge in [0.15, 0.2) is 0 Å². The molecule has 0 aliphatic carbocycles. The van der Waals surface area contributed by atoms with E-state index in [-0.39, 0.29) is 12.2 Å². The van der Waals surface area contributed by atoms with Crippen LogP contribution in [0.3, 0.4) is 0 Å². The van der Waals surface area contributed by atoms with E-state index in [2.05, 4.69) is 46.3 Å². The molecule has 0 spiro atoms. The zero-order valence-electron chi connectivity index (χ0n) is 14.5. The molecular weight excluding hydrogens is 316 g/mol. The molecule has 2 aromatic heterocycles. The molecule has 1 aliphatic heterocycles. The van der Waals surface area contributed by atoms with Crippen LogP contribution in [0.5, 0.6) is 0 Å². The van der Waals surface area contributed by atoms with Crippen LogP contribution >= 0.6 is 0 Å². The summed E-state index contributed by atoms with van der Waals surface area (Å²) in [7, 11) is 1.96. The summed E-state index contributed by atoms with van der Waals surface area (Å²) in [6.07, 6.45) is 1.88. The normalized spacial score (nSPS) is 21.5. The largest absolute Gasteiger partial charge is 0.416 e. The van der Waals surface area contributed by atoms with Crippen molar-refractivity contribution in [3.8, 4) is 11.6 Å². The Balaban J connectivity index is 1.50. The number of aryl methyl sites for hydroxylation is 1. The molecule has 2 atom stereocenters. The Hall–Kier alpha value is -2.44. The van der Waals surface area contributed by atoms with Gasteiger partial charge in [-0.05, 0) is 24.6 Å². The third-order valence-corrected chi connectivity index (χ3v) is 4.46. The predicted molar refractivity (Wildman–Crippen MR) is 93.7 cm³/mol. The fourth-order valence-corrected chi connectivity index (χ4v) is 3.30. The van der Waals surface area contributed by atoms with E-state index in [0.29, 0.717) is 11.8 Å². The van der Waals surface area contributed by atoms with Crippen molar-refractivity contribution in [2.75, 3.05) is 13.1 Å². The molecule has 0 amide bonds. The quantitative estimate of drug-likeness (QED) is 0.732. The second-order valence-electron chi connectivity index (χ2n) is 6.56. The van der Waals surface area contributed by atoms with Crippen LogP contribution in [0.15, 0.2) is 53.1 Å². The van der Waals surface area contributed by atoms with E-state index in [1.807, 2.05) is 36.0 Å². The molecule has 1 aliphatic rings. The van der Waals surface area contributed by atoms with Crippen LogP contribution in [-0.4, -0.2) is 38.9 Å². The average molecular weight is 338 g/mol. The Morgan fingerprint density at radius 2 is 1.92 bits per heavy atom. The van der Waals surface area contributed by atoms with Crippen molar-refractivity contribution >= 4 is 0 Å². The van der Waals surface area contributed by atoms with Crippen LogP contribution in [0.4, 0.5) is 0 Å². The predicted octanol–water partition coefficient (Wildman–Crippen LogP) is 3.04. The molecule has 1 aromatic carbocycles. The number of morpholine rings is 1. The number of rotatable bonds is 4. The van der Waals surface area contributed by atoms with Gasteiger partial charge in [-0.15, -0.1) is 10.2 Å². The Bertz CT molecular complexity index is 827. The summed E-state index contributed by atoms with van der Waals surface area (Å²) in [4.78, 5) is 2.38. The minimum absolute atomic E-state index is 0.118. The molecule has 3 heterocycles. The Kier molecular flexibility index (Phi) is 4.38. The topological polar surface area (TPSA) is 56.3 Å². The third-order valence-electron chi connectivity index (χ3n) is 4.46. The lowest BCUT2D eigenvalue weighted by Crippen LogP contribution is -2.42. The van der Waals surface area contributed by atoms with Gasteiger partial charge in [0.05, 0.1) is 6.10 Å². The first-order valence-corrected chi connectivity index (χ1v) is 8.56. The number of benzene rings is 1. The standard InChI is InChI=1S/C19H22N4O2/c1-14-11-23(12-15-7-4-3-5-8-15)13-17(24-14)19-21-20-18(25-19)16-9-6-10-22(16)2/h3-10,14,17H,11-13H2,1-2H3/t14-,17-/m1/s1. The maximum Gasteiger partial charge on any atom is 0.264 e. The molecule has 0 N–H and O–H groups in total. The number of hydrogen-bond acceptors (Lipinski definition) is 5. The molecule has 130 valence electrons. The van der Waals surface area contributed by atoms with Crippen LogP contribution in [0.2, 0.25) is 0 Å². The third kappa shape index (κ3) is 3.50. The van der Waals surface area contributed by atoms with Crippen LogP contribution < -0.4 is 0 Å². The average Bonchev–Trinajstić information content (AvgIpc) is 3.24. The second-order valence-corrected chi connectivity index (χ2v) is 6.56. The number of ether oxygens (including phenoxy) is 1. The Morgan fingerprint density at radius 3 is 2.68 bits per heavy atom. The molecule has 6 heteroatoms. The van der Waals surface area contributed by atoms with Crippen molar-refractivity contribution in [3.63, 3.8) is 0 Å². The van der Waals surface area contributed by atoms with Gasteiger partial charge in [-0.3, -0.25) is 4.90 Å². The van der Waals surface area contributed by atoms with Crippen molar-refractivity contribution in [3.05, 3.63) is 60.1 Å². The van der Waals surface area contributed by atoms with Crippen LogP contribution in [0.25, 0.3) is 11.6 Å². The zero-order valence-corrected chi connectivity index (χ0v) is 14.5.